The molecule has 2 atom stereocenters. The molecule has 0 aliphatic carbocycles. The van der Waals surface area contributed by atoms with Gasteiger partial charge in [-0.05, 0) is 38.4 Å². The lowest BCUT2D eigenvalue weighted by Gasteiger charge is -2.11. The molecule has 1 amide bonds. The van der Waals surface area contributed by atoms with Crippen molar-refractivity contribution >= 4 is 5.91 Å². The minimum Gasteiger partial charge on any atom is -0.341 e. The van der Waals surface area contributed by atoms with Crippen LogP contribution in [0.4, 0.5) is 0 Å². The zero-order valence-electron chi connectivity index (χ0n) is 11.7. The Bertz CT molecular complexity index is 607. The third kappa shape index (κ3) is 3.08. The van der Waals surface area contributed by atoms with Crippen molar-refractivity contribution in [2.75, 3.05) is 6.54 Å². The van der Waals surface area contributed by atoms with E-state index < -0.39 is 0 Å². The smallest absolute Gasteiger partial charge is 0.293 e. The summed E-state index contributed by atoms with van der Waals surface area (Å²) < 4.78 is 5.16. The van der Waals surface area contributed by atoms with Crippen molar-refractivity contribution in [3.05, 3.63) is 41.8 Å². The Labute approximate surface area is 122 Å². The Hall–Kier alpha value is -2.28. The highest BCUT2D eigenvalue weighted by Gasteiger charge is 2.24. The second kappa shape index (κ2) is 6.01. The molecular weight excluding hydrogens is 270 g/mol. The van der Waals surface area contributed by atoms with Crippen molar-refractivity contribution in [1.29, 1.82) is 0 Å². The Balaban J connectivity index is 1.65. The maximum absolute atomic E-state index is 12.1. The predicted molar refractivity (Wildman–Crippen MR) is 74.4 cm³/mol. The molecule has 110 valence electrons. The first-order chi connectivity index (χ1) is 10.2. The number of nitrogens with one attached hydrogen (secondary N) is 2. The molecule has 3 heterocycles. The van der Waals surface area contributed by atoms with Crippen molar-refractivity contribution in [3.63, 3.8) is 0 Å². The maximum atomic E-state index is 12.1. The van der Waals surface area contributed by atoms with Crippen molar-refractivity contribution in [2.24, 2.45) is 0 Å². The summed E-state index contributed by atoms with van der Waals surface area (Å²) in [6, 6.07) is 5.41. The lowest BCUT2D eigenvalue weighted by Crippen LogP contribution is -2.28. The fourth-order valence-corrected chi connectivity index (χ4v) is 2.33. The second-order valence-electron chi connectivity index (χ2n) is 5.05. The summed E-state index contributed by atoms with van der Waals surface area (Å²) in [6.07, 6.45) is 3.72. The topological polar surface area (TPSA) is 92.9 Å². The zero-order valence-corrected chi connectivity index (χ0v) is 11.7. The number of hydrogen-bond acceptors (Lipinski definition) is 6. The van der Waals surface area contributed by atoms with Crippen LogP contribution in [0, 0.1) is 0 Å². The quantitative estimate of drug-likeness (QED) is 0.882. The average molecular weight is 287 g/mol. The normalized spacial score (nSPS) is 19.4. The van der Waals surface area contributed by atoms with E-state index in [4.69, 9.17) is 4.52 Å². The van der Waals surface area contributed by atoms with E-state index in [0.29, 0.717) is 5.89 Å². The summed E-state index contributed by atoms with van der Waals surface area (Å²) in [5.41, 5.74) is 0.784. The summed E-state index contributed by atoms with van der Waals surface area (Å²) in [7, 11) is 0. The van der Waals surface area contributed by atoms with Gasteiger partial charge in [-0.3, -0.25) is 9.78 Å². The minimum absolute atomic E-state index is 0.0569. The monoisotopic (exact) mass is 287 g/mol. The zero-order chi connectivity index (χ0) is 14.7. The number of hydrogen-bond donors (Lipinski definition) is 2. The highest BCUT2D eigenvalue weighted by atomic mass is 16.5. The summed E-state index contributed by atoms with van der Waals surface area (Å²) >= 11 is 0. The van der Waals surface area contributed by atoms with Gasteiger partial charge in [-0.2, -0.15) is 4.98 Å². The molecule has 7 nitrogen and oxygen atoms in total. The number of carbonyl (C=O) groups is 1. The highest BCUT2D eigenvalue weighted by molar-refractivity contribution is 5.90. The van der Waals surface area contributed by atoms with Crippen LogP contribution in [-0.2, 0) is 0 Å². The van der Waals surface area contributed by atoms with E-state index >= 15 is 0 Å². The molecular formula is C14H17N5O2. The number of carbonyl (C=O) groups excluding carboxylic acids is 1. The van der Waals surface area contributed by atoms with E-state index in [-0.39, 0.29) is 23.8 Å². The molecule has 7 heteroatoms. The van der Waals surface area contributed by atoms with Gasteiger partial charge < -0.3 is 15.2 Å². The van der Waals surface area contributed by atoms with Gasteiger partial charge in [0, 0.05) is 6.20 Å². The van der Waals surface area contributed by atoms with Gasteiger partial charge in [0.1, 0.15) is 0 Å². The minimum atomic E-state index is -0.360. The van der Waals surface area contributed by atoms with E-state index in [2.05, 4.69) is 25.8 Å². The molecule has 0 bridgehead atoms. The van der Waals surface area contributed by atoms with E-state index in [1.807, 2.05) is 25.1 Å². The van der Waals surface area contributed by atoms with Gasteiger partial charge in [-0.1, -0.05) is 11.2 Å². The molecule has 1 fully saturated rings. The summed E-state index contributed by atoms with van der Waals surface area (Å²) in [6.45, 7) is 2.80. The SMILES string of the molecule is C[C@@H](NC(=O)c1noc(C2CCCN2)n1)c1ccccn1. The fourth-order valence-electron chi connectivity index (χ4n) is 2.33. The molecule has 21 heavy (non-hydrogen) atoms. The lowest BCUT2D eigenvalue weighted by molar-refractivity contribution is 0.0925. The van der Waals surface area contributed by atoms with Gasteiger partial charge >= 0.3 is 0 Å². The molecule has 0 spiro atoms. The standard InChI is InChI=1S/C14H17N5O2/c1-9(10-5-2-3-7-15-10)17-13(20)12-18-14(21-19-12)11-6-4-8-16-11/h2-3,5,7,9,11,16H,4,6,8H2,1H3,(H,17,20)/t9-,11?/m1/s1. The maximum Gasteiger partial charge on any atom is 0.293 e. The molecule has 1 saturated heterocycles. The van der Waals surface area contributed by atoms with Crippen LogP contribution in [0.1, 0.15) is 54.1 Å². The number of rotatable bonds is 4. The van der Waals surface area contributed by atoms with Crippen molar-refractivity contribution in [2.45, 2.75) is 31.8 Å². The van der Waals surface area contributed by atoms with Crippen LogP contribution in [0.25, 0.3) is 0 Å². The largest absolute Gasteiger partial charge is 0.341 e. The van der Waals surface area contributed by atoms with Gasteiger partial charge in [0.25, 0.3) is 11.7 Å². The third-order valence-corrected chi connectivity index (χ3v) is 3.48. The molecule has 2 aromatic rings. The Morgan fingerprint density at radius 3 is 3.14 bits per heavy atom. The molecule has 1 unspecified atom stereocenters. The van der Waals surface area contributed by atoms with Gasteiger partial charge in [0.15, 0.2) is 0 Å². The van der Waals surface area contributed by atoms with E-state index in [9.17, 15) is 4.79 Å². The third-order valence-electron chi connectivity index (χ3n) is 3.48. The summed E-state index contributed by atoms with van der Waals surface area (Å²) in [4.78, 5) is 20.5. The van der Waals surface area contributed by atoms with Crippen LogP contribution in [-0.4, -0.2) is 27.6 Å². The van der Waals surface area contributed by atoms with E-state index in [1.165, 1.54) is 0 Å². The average Bonchev–Trinajstić information content (AvgIpc) is 3.19. The van der Waals surface area contributed by atoms with Gasteiger partial charge in [0.2, 0.25) is 5.89 Å². The van der Waals surface area contributed by atoms with Crippen molar-refractivity contribution < 1.29 is 9.32 Å². The summed E-state index contributed by atoms with van der Waals surface area (Å²) in [5.74, 6) is 0.172. The molecule has 0 radical (unpaired) electrons. The van der Waals surface area contributed by atoms with E-state index in [0.717, 1.165) is 25.1 Å². The molecule has 3 rings (SSSR count). The first-order valence-electron chi connectivity index (χ1n) is 7.03. The molecule has 0 saturated carbocycles. The Kier molecular flexibility index (Phi) is 3.92. The van der Waals surface area contributed by atoms with Gasteiger partial charge in [0.05, 0.1) is 17.8 Å². The van der Waals surface area contributed by atoms with Crippen LogP contribution in [0.3, 0.4) is 0 Å². The molecule has 1 aliphatic rings. The number of nitrogens with zero attached hydrogens (tertiary/aromatic N) is 3. The lowest BCUT2D eigenvalue weighted by atomic mass is 10.2. The molecule has 2 aromatic heterocycles. The molecule has 1 aliphatic heterocycles. The van der Waals surface area contributed by atoms with Crippen molar-refractivity contribution in [3.8, 4) is 0 Å². The van der Waals surface area contributed by atoms with Crippen LogP contribution >= 0.6 is 0 Å². The van der Waals surface area contributed by atoms with Crippen molar-refractivity contribution in [1.82, 2.24) is 25.8 Å². The van der Waals surface area contributed by atoms with E-state index in [1.54, 1.807) is 6.20 Å². The Morgan fingerprint density at radius 2 is 2.43 bits per heavy atom. The molecule has 2 N–H and O–H groups in total. The summed E-state index contributed by atoms with van der Waals surface area (Å²) in [5, 5.41) is 9.81. The number of pyridine rings is 1. The van der Waals surface area contributed by atoms with Crippen LogP contribution < -0.4 is 10.6 Å². The second-order valence-corrected chi connectivity index (χ2v) is 5.05. The van der Waals surface area contributed by atoms with Crippen LogP contribution in [0.2, 0.25) is 0 Å². The first kappa shape index (κ1) is 13.7. The number of amides is 1. The Morgan fingerprint density at radius 1 is 1.52 bits per heavy atom. The van der Waals surface area contributed by atoms with Crippen LogP contribution in [0.15, 0.2) is 28.9 Å². The highest BCUT2D eigenvalue weighted by Crippen LogP contribution is 2.21. The molecule has 0 aromatic carbocycles. The number of aromatic nitrogens is 3. The van der Waals surface area contributed by atoms with Gasteiger partial charge in [-0.15, -0.1) is 0 Å². The fraction of sp³-hybridized carbons (Fsp3) is 0.429. The first-order valence-corrected chi connectivity index (χ1v) is 7.03. The van der Waals surface area contributed by atoms with Gasteiger partial charge in [-0.25, -0.2) is 0 Å². The van der Waals surface area contributed by atoms with Crippen LogP contribution in [0.5, 0.6) is 0 Å². The predicted octanol–water partition coefficient (Wildman–Crippen LogP) is 1.38.